The molecule has 0 saturated heterocycles. The zero-order valence-electron chi connectivity index (χ0n) is 10.9. The van der Waals surface area contributed by atoms with Crippen molar-refractivity contribution < 1.29 is 0 Å². The van der Waals surface area contributed by atoms with E-state index in [2.05, 4.69) is 54.0 Å². The second-order valence-corrected chi connectivity index (χ2v) is 5.90. The summed E-state index contributed by atoms with van der Waals surface area (Å²) in [6.07, 6.45) is 1.97. The molecule has 0 bridgehead atoms. The maximum Gasteiger partial charge on any atom is 0.0766 e. The van der Waals surface area contributed by atoms with E-state index in [9.17, 15) is 0 Å². The molecule has 1 N–H and O–H groups in total. The van der Waals surface area contributed by atoms with E-state index in [0.29, 0.717) is 0 Å². The number of aryl methyl sites for hydroxylation is 2. The second kappa shape index (κ2) is 5.32. The molecule has 0 saturated carbocycles. The Morgan fingerprint density at radius 2 is 2.00 bits per heavy atom. The minimum atomic E-state index is 0.179. The van der Waals surface area contributed by atoms with Gasteiger partial charge < -0.3 is 5.32 Å². The van der Waals surface area contributed by atoms with Crippen LogP contribution >= 0.6 is 15.9 Å². The molecule has 0 aliphatic carbocycles. The van der Waals surface area contributed by atoms with Crippen molar-refractivity contribution in [1.29, 1.82) is 0 Å². The highest BCUT2D eigenvalue weighted by atomic mass is 79.9. The third kappa shape index (κ3) is 3.59. The maximum atomic E-state index is 4.49. The fourth-order valence-corrected chi connectivity index (χ4v) is 2.46. The quantitative estimate of drug-likeness (QED) is 0.923. The summed E-state index contributed by atoms with van der Waals surface area (Å²) in [5.41, 5.74) is 2.60. The molecule has 0 radical (unpaired) electrons. The molecule has 0 spiro atoms. The number of halogens is 1. The number of rotatable bonds is 4. The van der Waals surface area contributed by atoms with Crippen LogP contribution in [0.5, 0.6) is 0 Å². The normalized spacial score (nSPS) is 12.1. The van der Waals surface area contributed by atoms with Crippen molar-refractivity contribution in [2.75, 3.05) is 6.54 Å². The van der Waals surface area contributed by atoms with Gasteiger partial charge in [-0.05, 0) is 43.1 Å². The highest BCUT2D eigenvalue weighted by Gasteiger charge is 2.13. The minimum absolute atomic E-state index is 0.179. The molecule has 0 atom stereocenters. The van der Waals surface area contributed by atoms with E-state index in [4.69, 9.17) is 0 Å². The maximum absolute atomic E-state index is 4.49. The summed E-state index contributed by atoms with van der Waals surface area (Å²) >= 11 is 3.63. The SMILES string of the molecule is CCc1nn(C)c(CCNC(C)(C)C)c1Br. The van der Waals surface area contributed by atoms with Crippen LogP contribution in [0.4, 0.5) is 0 Å². The molecule has 0 aromatic carbocycles. The fraction of sp³-hybridized carbons (Fsp3) is 0.750. The zero-order valence-corrected chi connectivity index (χ0v) is 12.5. The van der Waals surface area contributed by atoms with E-state index in [1.165, 1.54) is 10.2 Å². The summed E-state index contributed by atoms with van der Waals surface area (Å²) in [6, 6.07) is 0. The summed E-state index contributed by atoms with van der Waals surface area (Å²) < 4.78 is 3.15. The van der Waals surface area contributed by atoms with Gasteiger partial charge in [-0.1, -0.05) is 6.92 Å². The minimum Gasteiger partial charge on any atom is -0.312 e. The van der Waals surface area contributed by atoms with E-state index < -0.39 is 0 Å². The van der Waals surface area contributed by atoms with Gasteiger partial charge >= 0.3 is 0 Å². The molecule has 4 heteroatoms. The van der Waals surface area contributed by atoms with Gasteiger partial charge in [-0.2, -0.15) is 5.10 Å². The van der Waals surface area contributed by atoms with Gasteiger partial charge in [-0.15, -0.1) is 0 Å². The van der Waals surface area contributed by atoms with Gasteiger partial charge in [0.05, 0.1) is 15.9 Å². The first-order chi connectivity index (χ1) is 7.35. The van der Waals surface area contributed by atoms with E-state index in [1.54, 1.807) is 0 Å². The first-order valence-electron chi connectivity index (χ1n) is 5.80. The van der Waals surface area contributed by atoms with Crippen molar-refractivity contribution in [3.05, 3.63) is 15.9 Å². The Hall–Kier alpha value is -0.350. The molecule has 1 heterocycles. The predicted octanol–water partition coefficient (Wildman–Crippen LogP) is 2.68. The average Bonchev–Trinajstić information content (AvgIpc) is 2.42. The smallest absolute Gasteiger partial charge is 0.0766 e. The lowest BCUT2D eigenvalue weighted by Crippen LogP contribution is -2.37. The van der Waals surface area contributed by atoms with E-state index in [0.717, 1.165) is 25.1 Å². The van der Waals surface area contributed by atoms with Crippen molar-refractivity contribution in [3.63, 3.8) is 0 Å². The summed E-state index contributed by atoms with van der Waals surface area (Å²) in [5.74, 6) is 0. The molecule has 1 aromatic rings. The Morgan fingerprint density at radius 1 is 1.38 bits per heavy atom. The Labute approximate surface area is 107 Å². The van der Waals surface area contributed by atoms with Crippen LogP contribution in [0.25, 0.3) is 0 Å². The Kier molecular flexibility index (Phi) is 4.56. The Bertz CT molecular complexity index is 350. The molecule has 1 aromatic heterocycles. The van der Waals surface area contributed by atoms with Crippen LogP contribution < -0.4 is 5.32 Å². The summed E-state index contributed by atoms with van der Waals surface area (Å²) in [5, 5.41) is 7.98. The molecule has 3 nitrogen and oxygen atoms in total. The zero-order chi connectivity index (χ0) is 12.3. The highest BCUT2D eigenvalue weighted by Crippen LogP contribution is 2.21. The number of nitrogens with one attached hydrogen (secondary N) is 1. The van der Waals surface area contributed by atoms with Crippen molar-refractivity contribution in [1.82, 2.24) is 15.1 Å². The van der Waals surface area contributed by atoms with E-state index in [-0.39, 0.29) is 5.54 Å². The van der Waals surface area contributed by atoms with Gasteiger partial charge in [0.25, 0.3) is 0 Å². The molecular formula is C12H22BrN3. The lowest BCUT2D eigenvalue weighted by atomic mass is 10.1. The van der Waals surface area contributed by atoms with Crippen LogP contribution in [-0.4, -0.2) is 21.9 Å². The van der Waals surface area contributed by atoms with E-state index >= 15 is 0 Å². The molecular weight excluding hydrogens is 266 g/mol. The van der Waals surface area contributed by atoms with Gasteiger partial charge in [0.15, 0.2) is 0 Å². The van der Waals surface area contributed by atoms with Gasteiger partial charge in [0.2, 0.25) is 0 Å². The predicted molar refractivity (Wildman–Crippen MR) is 71.7 cm³/mol. The lowest BCUT2D eigenvalue weighted by molar-refractivity contribution is 0.426. The molecule has 1 rings (SSSR count). The molecule has 92 valence electrons. The largest absolute Gasteiger partial charge is 0.312 e. The second-order valence-electron chi connectivity index (χ2n) is 5.11. The Morgan fingerprint density at radius 3 is 2.44 bits per heavy atom. The fourth-order valence-electron chi connectivity index (χ4n) is 1.65. The first-order valence-corrected chi connectivity index (χ1v) is 6.59. The van der Waals surface area contributed by atoms with Crippen LogP contribution in [0.2, 0.25) is 0 Å². The third-order valence-corrected chi connectivity index (χ3v) is 3.44. The summed E-state index contributed by atoms with van der Waals surface area (Å²) in [4.78, 5) is 0. The van der Waals surface area contributed by atoms with Crippen LogP contribution in [0.3, 0.4) is 0 Å². The molecule has 16 heavy (non-hydrogen) atoms. The van der Waals surface area contributed by atoms with Crippen LogP contribution in [0.15, 0.2) is 4.47 Å². The molecule has 0 aliphatic heterocycles. The molecule has 0 unspecified atom stereocenters. The van der Waals surface area contributed by atoms with Crippen molar-refractivity contribution >= 4 is 15.9 Å². The van der Waals surface area contributed by atoms with Gasteiger partial charge in [0, 0.05) is 25.6 Å². The molecule has 0 fully saturated rings. The van der Waals surface area contributed by atoms with Crippen LogP contribution in [-0.2, 0) is 19.9 Å². The highest BCUT2D eigenvalue weighted by molar-refractivity contribution is 9.10. The van der Waals surface area contributed by atoms with Crippen molar-refractivity contribution in [2.45, 2.75) is 46.1 Å². The number of aromatic nitrogens is 2. The topological polar surface area (TPSA) is 29.9 Å². The van der Waals surface area contributed by atoms with E-state index in [1.807, 2.05) is 11.7 Å². The lowest BCUT2D eigenvalue weighted by Gasteiger charge is -2.20. The monoisotopic (exact) mass is 287 g/mol. The van der Waals surface area contributed by atoms with Gasteiger partial charge in [0.1, 0.15) is 0 Å². The molecule has 0 aliphatic rings. The Balaban J connectivity index is 2.64. The van der Waals surface area contributed by atoms with Crippen molar-refractivity contribution in [2.24, 2.45) is 7.05 Å². The third-order valence-electron chi connectivity index (χ3n) is 2.52. The number of hydrogen-bond acceptors (Lipinski definition) is 2. The first kappa shape index (κ1) is 13.7. The summed E-state index contributed by atoms with van der Waals surface area (Å²) in [6.45, 7) is 9.66. The standard InChI is InChI=1S/C12H22BrN3/c1-6-9-11(13)10(16(5)15-9)7-8-14-12(2,3)4/h14H,6-8H2,1-5H3. The van der Waals surface area contributed by atoms with Gasteiger partial charge in [-0.3, -0.25) is 4.68 Å². The number of nitrogens with zero attached hydrogens (tertiary/aromatic N) is 2. The van der Waals surface area contributed by atoms with Crippen LogP contribution in [0, 0.1) is 0 Å². The average molecular weight is 288 g/mol. The van der Waals surface area contributed by atoms with Crippen LogP contribution in [0.1, 0.15) is 39.1 Å². The van der Waals surface area contributed by atoms with Gasteiger partial charge in [-0.25, -0.2) is 0 Å². The number of hydrogen-bond donors (Lipinski definition) is 1. The summed E-state index contributed by atoms with van der Waals surface area (Å²) in [7, 11) is 2.01. The van der Waals surface area contributed by atoms with Crippen molar-refractivity contribution in [3.8, 4) is 0 Å². The molecule has 0 amide bonds.